The van der Waals surface area contributed by atoms with Crippen LogP contribution in [-0.4, -0.2) is 36.6 Å². The maximum absolute atomic E-state index is 9.55. The minimum absolute atomic E-state index is 0.0662. The molecule has 1 saturated heterocycles. The highest BCUT2D eigenvalue weighted by Crippen LogP contribution is 2.23. The molecule has 1 aromatic rings. The normalized spacial score (nSPS) is 22.1. The van der Waals surface area contributed by atoms with Gasteiger partial charge in [0.05, 0.1) is 12.7 Å². The minimum Gasteiger partial charge on any atom is -0.437 e. The van der Waals surface area contributed by atoms with Gasteiger partial charge in [0.2, 0.25) is 0 Å². The summed E-state index contributed by atoms with van der Waals surface area (Å²) in [4.78, 5) is 2.02. The number of nitrogens with zero attached hydrogens (tertiary/aromatic N) is 1. The standard InChI is InChI=1S/C11H15BBrNO2/c1-12(15)14-6-7-16-11(8-14)9-2-4-10(13)5-3-9/h2-5,11,15H,6-8H2,1H3/t11-/m0/s1. The number of morpholine rings is 1. The molecular formula is C11H15BBrNO2. The van der Waals surface area contributed by atoms with E-state index < -0.39 is 7.05 Å². The first kappa shape index (κ1) is 12.1. The Balaban J connectivity index is 2.06. The molecule has 0 spiro atoms. The summed E-state index contributed by atoms with van der Waals surface area (Å²) in [5, 5.41) is 9.55. The van der Waals surface area contributed by atoms with Crippen LogP contribution in [-0.2, 0) is 4.74 Å². The van der Waals surface area contributed by atoms with Crippen molar-refractivity contribution < 1.29 is 9.76 Å². The van der Waals surface area contributed by atoms with Gasteiger partial charge in [-0.3, -0.25) is 0 Å². The van der Waals surface area contributed by atoms with E-state index in [4.69, 9.17) is 4.74 Å². The Kier molecular flexibility index (Phi) is 4.02. The topological polar surface area (TPSA) is 32.7 Å². The van der Waals surface area contributed by atoms with Gasteiger partial charge in [-0.1, -0.05) is 28.1 Å². The quantitative estimate of drug-likeness (QED) is 0.842. The lowest BCUT2D eigenvalue weighted by atomic mass is 9.84. The van der Waals surface area contributed by atoms with E-state index in [2.05, 4.69) is 28.1 Å². The zero-order valence-electron chi connectivity index (χ0n) is 9.27. The van der Waals surface area contributed by atoms with E-state index in [0.717, 1.165) is 23.1 Å². The number of hydrogen-bond acceptors (Lipinski definition) is 3. The number of ether oxygens (including phenoxy) is 1. The smallest absolute Gasteiger partial charge is 0.376 e. The molecule has 86 valence electrons. The van der Waals surface area contributed by atoms with Gasteiger partial charge in [-0.2, -0.15) is 0 Å². The molecule has 0 aliphatic carbocycles. The van der Waals surface area contributed by atoms with Crippen LogP contribution in [0.25, 0.3) is 0 Å². The van der Waals surface area contributed by atoms with Gasteiger partial charge in [-0.15, -0.1) is 0 Å². The largest absolute Gasteiger partial charge is 0.437 e. The molecule has 0 radical (unpaired) electrons. The SMILES string of the molecule is CB(O)N1CCO[C@H](c2ccc(Br)cc2)C1. The van der Waals surface area contributed by atoms with Gasteiger partial charge < -0.3 is 14.6 Å². The Bertz CT molecular complexity index is 344. The van der Waals surface area contributed by atoms with E-state index in [0.29, 0.717) is 6.61 Å². The average Bonchev–Trinajstić information content (AvgIpc) is 2.30. The van der Waals surface area contributed by atoms with Gasteiger partial charge in [0.25, 0.3) is 0 Å². The van der Waals surface area contributed by atoms with Crippen molar-refractivity contribution in [3.8, 4) is 0 Å². The summed E-state index contributed by atoms with van der Waals surface area (Å²) >= 11 is 3.41. The maximum atomic E-state index is 9.55. The van der Waals surface area contributed by atoms with Crippen molar-refractivity contribution in [2.45, 2.75) is 12.9 Å². The second-order valence-electron chi connectivity index (χ2n) is 4.04. The van der Waals surface area contributed by atoms with Crippen LogP contribution in [0.3, 0.4) is 0 Å². The Hall–Kier alpha value is -0.355. The molecule has 1 fully saturated rings. The number of benzene rings is 1. The summed E-state index contributed by atoms with van der Waals surface area (Å²) in [5.41, 5.74) is 1.16. The Morgan fingerprint density at radius 3 is 2.75 bits per heavy atom. The van der Waals surface area contributed by atoms with Gasteiger partial charge in [-0.05, 0) is 24.5 Å². The highest BCUT2D eigenvalue weighted by molar-refractivity contribution is 9.10. The molecule has 1 aromatic carbocycles. The molecule has 0 saturated carbocycles. The summed E-state index contributed by atoms with van der Waals surface area (Å²) in [6.45, 7) is 4.01. The number of rotatable bonds is 2. The van der Waals surface area contributed by atoms with Crippen molar-refractivity contribution in [1.82, 2.24) is 4.81 Å². The van der Waals surface area contributed by atoms with Crippen LogP contribution in [0.2, 0.25) is 6.82 Å². The summed E-state index contributed by atoms with van der Waals surface area (Å²) < 4.78 is 6.79. The molecule has 5 heteroatoms. The van der Waals surface area contributed by atoms with Gasteiger partial charge in [0.15, 0.2) is 0 Å². The van der Waals surface area contributed by atoms with E-state index in [1.54, 1.807) is 6.82 Å². The van der Waals surface area contributed by atoms with Gasteiger partial charge in [0.1, 0.15) is 0 Å². The molecular weight excluding hydrogens is 269 g/mol. The van der Waals surface area contributed by atoms with Crippen LogP contribution < -0.4 is 0 Å². The highest BCUT2D eigenvalue weighted by Gasteiger charge is 2.26. The molecule has 0 aromatic heterocycles. The Morgan fingerprint density at radius 1 is 1.44 bits per heavy atom. The zero-order chi connectivity index (χ0) is 11.5. The zero-order valence-corrected chi connectivity index (χ0v) is 10.9. The summed E-state index contributed by atoms with van der Waals surface area (Å²) in [7, 11) is -0.401. The summed E-state index contributed by atoms with van der Waals surface area (Å²) in [6, 6.07) is 8.14. The third-order valence-electron chi connectivity index (χ3n) is 2.87. The highest BCUT2D eigenvalue weighted by atomic mass is 79.9. The summed E-state index contributed by atoms with van der Waals surface area (Å²) in [5.74, 6) is 0. The molecule has 2 rings (SSSR count). The lowest BCUT2D eigenvalue weighted by Crippen LogP contribution is -2.46. The molecule has 1 heterocycles. The molecule has 16 heavy (non-hydrogen) atoms. The first-order valence-electron chi connectivity index (χ1n) is 5.46. The first-order valence-corrected chi connectivity index (χ1v) is 6.25. The van der Waals surface area contributed by atoms with Gasteiger partial charge in [-0.25, -0.2) is 0 Å². The van der Waals surface area contributed by atoms with E-state index in [1.807, 2.05) is 16.9 Å². The predicted molar refractivity (Wildman–Crippen MR) is 68.2 cm³/mol. The average molecular weight is 284 g/mol. The van der Waals surface area contributed by atoms with E-state index >= 15 is 0 Å². The molecule has 0 bridgehead atoms. The first-order chi connectivity index (χ1) is 7.66. The molecule has 3 nitrogen and oxygen atoms in total. The molecule has 1 N–H and O–H groups in total. The fourth-order valence-corrected chi connectivity index (χ4v) is 2.15. The molecule has 1 atom stereocenters. The van der Waals surface area contributed by atoms with Crippen molar-refractivity contribution in [2.75, 3.05) is 19.7 Å². The predicted octanol–water partition coefficient (Wildman–Crippen LogP) is 1.93. The number of hydrogen-bond donors (Lipinski definition) is 1. The van der Waals surface area contributed by atoms with Crippen LogP contribution >= 0.6 is 15.9 Å². The van der Waals surface area contributed by atoms with Crippen molar-refractivity contribution in [1.29, 1.82) is 0 Å². The third-order valence-corrected chi connectivity index (χ3v) is 3.40. The van der Waals surface area contributed by atoms with Crippen LogP contribution in [0.15, 0.2) is 28.7 Å². The van der Waals surface area contributed by atoms with Crippen LogP contribution in [0.1, 0.15) is 11.7 Å². The lowest BCUT2D eigenvalue weighted by Gasteiger charge is -2.33. The van der Waals surface area contributed by atoms with Crippen molar-refractivity contribution >= 4 is 23.0 Å². The van der Waals surface area contributed by atoms with E-state index in [-0.39, 0.29) is 6.10 Å². The molecule has 0 unspecified atom stereocenters. The molecule has 1 aliphatic heterocycles. The maximum Gasteiger partial charge on any atom is 0.376 e. The number of halogens is 1. The van der Waals surface area contributed by atoms with Crippen LogP contribution in [0.4, 0.5) is 0 Å². The van der Waals surface area contributed by atoms with Gasteiger partial charge in [0, 0.05) is 17.6 Å². The fraction of sp³-hybridized carbons (Fsp3) is 0.455. The van der Waals surface area contributed by atoms with Crippen molar-refractivity contribution in [2.24, 2.45) is 0 Å². The van der Waals surface area contributed by atoms with Crippen LogP contribution in [0, 0.1) is 0 Å². The van der Waals surface area contributed by atoms with Crippen molar-refractivity contribution in [3.63, 3.8) is 0 Å². The Morgan fingerprint density at radius 2 is 2.12 bits per heavy atom. The van der Waals surface area contributed by atoms with Gasteiger partial charge >= 0.3 is 7.05 Å². The lowest BCUT2D eigenvalue weighted by molar-refractivity contribution is -0.00806. The third kappa shape index (κ3) is 2.85. The second-order valence-corrected chi connectivity index (χ2v) is 4.95. The Labute approximate surface area is 105 Å². The van der Waals surface area contributed by atoms with E-state index in [1.165, 1.54) is 0 Å². The van der Waals surface area contributed by atoms with E-state index in [9.17, 15) is 5.02 Å². The molecule has 0 amide bonds. The van der Waals surface area contributed by atoms with Crippen molar-refractivity contribution in [3.05, 3.63) is 34.3 Å². The molecule has 1 aliphatic rings. The minimum atomic E-state index is -0.401. The van der Waals surface area contributed by atoms with Crippen LogP contribution in [0.5, 0.6) is 0 Å². The second kappa shape index (κ2) is 5.32. The fourth-order valence-electron chi connectivity index (χ4n) is 1.89. The monoisotopic (exact) mass is 283 g/mol. The summed E-state index contributed by atoms with van der Waals surface area (Å²) in [6.07, 6.45) is 0.0662.